The first-order valence-electron chi connectivity index (χ1n) is 9.50. The molecule has 1 aliphatic heterocycles. The minimum atomic E-state index is -3.97. The van der Waals surface area contributed by atoms with Gasteiger partial charge in [-0.2, -0.15) is 0 Å². The molecule has 1 aliphatic carbocycles. The Bertz CT molecular complexity index is 1410. The van der Waals surface area contributed by atoms with Gasteiger partial charge in [-0.1, -0.05) is 12.1 Å². The number of carbonyl (C=O) groups is 2. The number of hydrogen-bond acceptors (Lipinski definition) is 8. The number of benzene rings is 2. The molecule has 10 nitrogen and oxygen atoms in total. The lowest BCUT2D eigenvalue weighted by Gasteiger charge is -2.13. The van der Waals surface area contributed by atoms with Crippen molar-refractivity contribution >= 4 is 44.0 Å². The SMILES string of the molecule is O=C(Nc1nc(-c2cccc([N+](=O)[O-])c2)cs1)c1ccc2c(c1)S(=O)(=O)N(C1CC1)C2=O. The van der Waals surface area contributed by atoms with E-state index in [2.05, 4.69) is 10.3 Å². The van der Waals surface area contributed by atoms with E-state index in [1.807, 2.05) is 0 Å². The van der Waals surface area contributed by atoms with Crippen molar-refractivity contribution < 1.29 is 22.9 Å². The predicted octanol–water partition coefficient (Wildman–Crippen LogP) is 3.28. The molecule has 0 unspecified atom stereocenters. The summed E-state index contributed by atoms with van der Waals surface area (Å²) < 4.78 is 26.4. The molecule has 32 heavy (non-hydrogen) atoms. The molecule has 12 heteroatoms. The Morgan fingerprint density at radius 2 is 2.00 bits per heavy atom. The number of hydrogen-bond donors (Lipinski definition) is 1. The number of aromatic nitrogens is 1. The standard InChI is InChI=1S/C20H14N4O6S2/c25-18(22-20-21-16(10-31-20)11-2-1-3-14(8-11)24(27)28)12-4-7-15-17(9-12)32(29,30)23(19(15)26)13-5-6-13/h1-4,7-10,13H,5-6H2,(H,21,22,25). The Hall–Kier alpha value is -3.64. The Morgan fingerprint density at radius 1 is 1.22 bits per heavy atom. The molecule has 2 aliphatic rings. The maximum atomic E-state index is 12.8. The van der Waals surface area contributed by atoms with Gasteiger partial charge in [0.2, 0.25) is 0 Å². The molecule has 5 rings (SSSR count). The molecule has 0 radical (unpaired) electrons. The summed E-state index contributed by atoms with van der Waals surface area (Å²) in [5.74, 6) is -1.14. The first kappa shape index (κ1) is 20.3. The zero-order valence-electron chi connectivity index (χ0n) is 16.2. The maximum absolute atomic E-state index is 12.8. The maximum Gasteiger partial charge on any atom is 0.270 e. The second kappa shape index (κ2) is 7.21. The van der Waals surface area contributed by atoms with E-state index in [0.717, 1.165) is 15.6 Å². The summed E-state index contributed by atoms with van der Waals surface area (Å²) in [5, 5.41) is 15.5. The van der Waals surface area contributed by atoms with Crippen LogP contribution in [0.4, 0.5) is 10.8 Å². The summed E-state index contributed by atoms with van der Waals surface area (Å²) >= 11 is 1.13. The third kappa shape index (κ3) is 3.33. The Labute approximate surface area is 185 Å². The molecule has 0 bridgehead atoms. The minimum Gasteiger partial charge on any atom is -0.298 e. The number of nitrogens with zero attached hydrogens (tertiary/aromatic N) is 3. The lowest BCUT2D eigenvalue weighted by molar-refractivity contribution is -0.384. The highest BCUT2D eigenvalue weighted by atomic mass is 32.2. The number of amides is 2. The molecule has 3 aromatic rings. The van der Waals surface area contributed by atoms with Crippen molar-refractivity contribution in [2.45, 2.75) is 23.8 Å². The average molecular weight is 470 g/mol. The highest BCUT2D eigenvalue weighted by molar-refractivity contribution is 7.90. The zero-order chi connectivity index (χ0) is 22.6. The second-order valence-electron chi connectivity index (χ2n) is 7.35. The lowest BCUT2D eigenvalue weighted by atomic mass is 10.1. The molecule has 2 heterocycles. The number of rotatable bonds is 5. The van der Waals surface area contributed by atoms with Crippen LogP contribution in [-0.2, 0) is 10.0 Å². The quantitative estimate of drug-likeness (QED) is 0.446. The van der Waals surface area contributed by atoms with Crippen LogP contribution in [0.1, 0.15) is 33.6 Å². The number of non-ortho nitro benzene ring substituents is 1. The predicted molar refractivity (Wildman–Crippen MR) is 115 cm³/mol. The van der Waals surface area contributed by atoms with E-state index in [-0.39, 0.29) is 32.9 Å². The van der Waals surface area contributed by atoms with E-state index >= 15 is 0 Å². The molecule has 162 valence electrons. The van der Waals surface area contributed by atoms with E-state index in [4.69, 9.17) is 0 Å². The van der Waals surface area contributed by atoms with Gasteiger partial charge in [0.1, 0.15) is 4.90 Å². The topological polar surface area (TPSA) is 140 Å². The second-order valence-corrected chi connectivity index (χ2v) is 9.99. The van der Waals surface area contributed by atoms with Crippen molar-refractivity contribution in [1.82, 2.24) is 9.29 Å². The normalized spacial score (nSPS) is 16.6. The number of carbonyl (C=O) groups excluding carboxylic acids is 2. The van der Waals surface area contributed by atoms with Crippen molar-refractivity contribution in [3.63, 3.8) is 0 Å². The van der Waals surface area contributed by atoms with E-state index < -0.39 is 26.8 Å². The third-order valence-electron chi connectivity index (χ3n) is 5.17. The summed E-state index contributed by atoms with van der Waals surface area (Å²) in [6.45, 7) is 0. The van der Waals surface area contributed by atoms with Crippen LogP contribution in [0.15, 0.2) is 52.7 Å². The highest BCUT2D eigenvalue weighted by Crippen LogP contribution is 2.39. The van der Waals surface area contributed by atoms with Gasteiger partial charge in [0, 0.05) is 34.7 Å². The summed E-state index contributed by atoms with van der Waals surface area (Å²) in [7, 11) is -3.97. The molecule has 2 amide bonds. The lowest BCUT2D eigenvalue weighted by Crippen LogP contribution is -2.31. The van der Waals surface area contributed by atoms with Crippen LogP contribution in [0.2, 0.25) is 0 Å². The summed E-state index contributed by atoms with van der Waals surface area (Å²) in [6.07, 6.45) is 1.28. The monoisotopic (exact) mass is 470 g/mol. The fraction of sp³-hybridized carbons (Fsp3) is 0.150. The van der Waals surface area contributed by atoms with Crippen LogP contribution in [-0.4, -0.2) is 40.5 Å². The van der Waals surface area contributed by atoms with Crippen LogP contribution in [0.3, 0.4) is 0 Å². The number of nitrogens with one attached hydrogen (secondary N) is 1. The molecule has 1 fully saturated rings. The van der Waals surface area contributed by atoms with Crippen molar-refractivity contribution in [1.29, 1.82) is 0 Å². The summed E-state index contributed by atoms with van der Waals surface area (Å²) in [5.41, 5.74) is 1.05. The smallest absolute Gasteiger partial charge is 0.270 e. The number of thiazole rings is 1. The number of sulfonamides is 1. The summed E-state index contributed by atoms with van der Waals surface area (Å²) in [6, 6.07) is 9.61. The fourth-order valence-electron chi connectivity index (χ4n) is 3.47. The van der Waals surface area contributed by atoms with Gasteiger partial charge in [-0.25, -0.2) is 17.7 Å². The van der Waals surface area contributed by atoms with Crippen LogP contribution >= 0.6 is 11.3 Å². The number of anilines is 1. The Balaban J connectivity index is 1.38. The molecule has 0 atom stereocenters. The fourth-order valence-corrected chi connectivity index (χ4v) is 6.03. The van der Waals surface area contributed by atoms with E-state index in [1.54, 1.807) is 17.5 Å². The molecule has 1 aromatic heterocycles. The molecule has 0 spiro atoms. The van der Waals surface area contributed by atoms with Gasteiger partial charge in [-0.15, -0.1) is 11.3 Å². The molecule has 1 N–H and O–H groups in total. The third-order valence-corrected chi connectivity index (χ3v) is 7.80. The van der Waals surface area contributed by atoms with Gasteiger partial charge in [0.25, 0.3) is 27.5 Å². The largest absolute Gasteiger partial charge is 0.298 e. The number of nitro benzene ring substituents is 1. The molecule has 1 saturated carbocycles. The van der Waals surface area contributed by atoms with Crippen LogP contribution in [0.25, 0.3) is 11.3 Å². The first-order valence-corrected chi connectivity index (χ1v) is 11.8. The summed E-state index contributed by atoms with van der Waals surface area (Å²) in [4.78, 5) is 39.7. The van der Waals surface area contributed by atoms with Crippen molar-refractivity contribution in [2.24, 2.45) is 0 Å². The van der Waals surface area contributed by atoms with Crippen LogP contribution in [0.5, 0.6) is 0 Å². The molecule has 2 aromatic carbocycles. The first-order chi connectivity index (χ1) is 15.3. The van der Waals surface area contributed by atoms with E-state index in [0.29, 0.717) is 24.1 Å². The van der Waals surface area contributed by atoms with Gasteiger partial charge in [-0.05, 0) is 31.0 Å². The van der Waals surface area contributed by atoms with Gasteiger partial charge >= 0.3 is 0 Å². The average Bonchev–Trinajstić information content (AvgIpc) is 3.44. The zero-order valence-corrected chi connectivity index (χ0v) is 17.9. The van der Waals surface area contributed by atoms with Gasteiger partial charge < -0.3 is 0 Å². The number of fused-ring (bicyclic) bond motifs is 1. The molecular formula is C20H14N4O6S2. The van der Waals surface area contributed by atoms with Crippen molar-refractivity contribution in [2.75, 3.05) is 5.32 Å². The van der Waals surface area contributed by atoms with Gasteiger partial charge in [-0.3, -0.25) is 25.0 Å². The van der Waals surface area contributed by atoms with E-state index in [1.165, 1.54) is 30.3 Å². The minimum absolute atomic E-state index is 0.0654. The van der Waals surface area contributed by atoms with Gasteiger partial charge in [0.05, 0.1) is 16.2 Å². The van der Waals surface area contributed by atoms with E-state index in [9.17, 15) is 28.1 Å². The van der Waals surface area contributed by atoms with Crippen molar-refractivity contribution in [3.8, 4) is 11.3 Å². The molecular weight excluding hydrogens is 456 g/mol. The molecule has 0 saturated heterocycles. The highest BCUT2D eigenvalue weighted by Gasteiger charge is 2.48. The van der Waals surface area contributed by atoms with Gasteiger partial charge in [0.15, 0.2) is 5.13 Å². The van der Waals surface area contributed by atoms with Crippen LogP contribution in [0, 0.1) is 10.1 Å². The Morgan fingerprint density at radius 3 is 2.72 bits per heavy atom. The Kier molecular flexibility index (Phi) is 4.57. The van der Waals surface area contributed by atoms with Crippen LogP contribution < -0.4 is 5.32 Å². The number of nitro groups is 1. The van der Waals surface area contributed by atoms with Crippen molar-refractivity contribution in [3.05, 3.63) is 69.1 Å².